The Labute approximate surface area is 123 Å². The van der Waals surface area contributed by atoms with Crippen molar-refractivity contribution in [2.45, 2.75) is 6.42 Å². The number of anilines is 1. The van der Waals surface area contributed by atoms with Gasteiger partial charge in [-0.2, -0.15) is 0 Å². The largest absolute Gasteiger partial charge is 0.508 e. The van der Waals surface area contributed by atoms with E-state index in [0.717, 1.165) is 10.2 Å². The van der Waals surface area contributed by atoms with Crippen molar-refractivity contribution in [2.75, 3.05) is 12.3 Å². The Hall–Kier alpha value is -1.53. The number of thiophene rings is 1. The second-order valence-corrected chi connectivity index (χ2v) is 6.53. The molecule has 0 spiro atoms. The van der Waals surface area contributed by atoms with Gasteiger partial charge in [0.25, 0.3) is 5.91 Å². The molecule has 0 aliphatic carbocycles. The highest BCUT2D eigenvalue weighted by Crippen LogP contribution is 2.22. The third-order valence-electron chi connectivity index (χ3n) is 2.57. The van der Waals surface area contributed by atoms with Crippen LogP contribution in [-0.2, 0) is 6.42 Å². The van der Waals surface area contributed by atoms with Crippen molar-refractivity contribution in [1.82, 2.24) is 5.32 Å². The molecule has 4 nitrogen and oxygen atoms in total. The number of hydrogen-bond donors (Lipinski definition) is 3. The van der Waals surface area contributed by atoms with E-state index in [1.165, 1.54) is 23.1 Å². The van der Waals surface area contributed by atoms with Crippen LogP contribution in [0.3, 0.4) is 0 Å². The first-order chi connectivity index (χ1) is 9.06. The summed E-state index contributed by atoms with van der Waals surface area (Å²) in [5.41, 5.74) is 6.35. The van der Waals surface area contributed by atoms with Crippen LogP contribution in [0.25, 0.3) is 0 Å². The summed E-state index contributed by atoms with van der Waals surface area (Å²) in [5, 5.41) is 12.1. The monoisotopic (exact) mass is 340 g/mol. The molecule has 2 rings (SSSR count). The highest BCUT2D eigenvalue weighted by atomic mass is 79.9. The van der Waals surface area contributed by atoms with Crippen LogP contribution in [0.15, 0.2) is 34.1 Å². The molecule has 19 heavy (non-hydrogen) atoms. The maximum atomic E-state index is 11.9. The Bertz CT molecular complexity index is 598. The molecule has 0 aliphatic heterocycles. The average Bonchev–Trinajstić information content (AvgIpc) is 2.78. The molecule has 1 amide bonds. The SMILES string of the molecule is Nc1ccc(O)cc1C(=O)NCCc1ccc(Br)s1. The molecule has 0 saturated heterocycles. The summed E-state index contributed by atoms with van der Waals surface area (Å²) in [4.78, 5) is 13.1. The molecule has 0 atom stereocenters. The lowest BCUT2D eigenvalue weighted by atomic mass is 10.1. The molecule has 0 fully saturated rings. The Morgan fingerprint density at radius 3 is 2.84 bits per heavy atom. The number of rotatable bonds is 4. The highest BCUT2D eigenvalue weighted by molar-refractivity contribution is 9.11. The predicted molar refractivity (Wildman–Crippen MR) is 80.6 cm³/mol. The first-order valence-corrected chi connectivity index (χ1v) is 7.28. The van der Waals surface area contributed by atoms with Gasteiger partial charge in [0, 0.05) is 17.1 Å². The van der Waals surface area contributed by atoms with Gasteiger partial charge in [-0.05, 0) is 52.7 Å². The smallest absolute Gasteiger partial charge is 0.253 e. The third-order valence-corrected chi connectivity index (χ3v) is 4.25. The van der Waals surface area contributed by atoms with Crippen LogP contribution in [0.2, 0.25) is 0 Å². The number of nitrogens with two attached hydrogens (primary N) is 1. The number of nitrogens with one attached hydrogen (secondary N) is 1. The number of hydrogen-bond acceptors (Lipinski definition) is 4. The van der Waals surface area contributed by atoms with E-state index in [2.05, 4.69) is 21.2 Å². The lowest BCUT2D eigenvalue weighted by Gasteiger charge is -2.07. The van der Waals surface area contributed by atoms with E-state index < -0.39 is 0 Å². The van der Waals surface area contributed by atoms with Crippen LogP contribution >= 0.6 is 27.3 Å². The van der Waals surface area contributed by atoms with E-state index in [4.69, 9.17) is 5.73 Å². The summed E-state index contributed by atoms with van der Waals surface area (Å²) in [6, 6.07) is 8.33. The Morgan fingerprint density at radius 1 is 1.37 bits per heavy atom. The highest BCUT2D eigenvalue weighted by Gasteiger charge is 2.10. The van der Waals surface area contributed by atoms with Crippen LogP contribution in [0.4, 0.5) is 5.69 Å². The van der Waals surface area contributed by atoms with Gasteiger partial charge < -0.3 is 16.2 Å². The molecular weight excluding hydrogens is 328 g/mol. The fourth-order valence-corrected chi connectivity index (χ4v) is 3.10. The maximum absolute atomic E-state index is 11.9. The summed E-state index contributed by atoms with van der Waals surface area (Å²) in [6.07, 6.45) is 0.765. The van der Waals surface area contributed by atoms with Gasteiger partial charge in [0.2, 0.25) is 0 Å². The van der Waals surface area contributed by atoms with Crippen molar-refractivity contribution in [1.29, 1.82) is 0 Å². The first kappa shape index (κ1) is 13.9. The van der Waals surface area contributed by atoms with Crippen molar-refractivity contribution < 1.29 is 9.90 Å². The van der Waals surface area contributed by atoms with Crippen LogP contribution in [0.5, 0.6) is 5.75 Å². The van der Waals surface area contributed by atoms with Gasteiger partial charge in [-0.3, -0.25) is 4.79 Å². The van der Waals surface area contributed by atoms with Gasteiger partial charge in [-0.25, -0.2) is 0 Å². The Kier molecular flexibility index (Phi) is 4.44. The summed E-state index contributed by atoms with van der Waals surface area (Å²) >= 11 is 5.04. The summed E-state index contributed by atoms with van der Waals surface area (Å²) < 4.78 is 1.08. The van der Waals surface area contributed by atoms with E-state index in [-0.39, 0.29) is 11.7 Å². The topological polar surface area (TPSA) is 75.3 Å². The zero-order valence-electron chi connectivity index (χ0n) is 10.0. The van der Waals surface area contributed by atoms with Crippen LogP contribution < -0.4 is 11.1 Å². The molecule has 4 N–H and O–H groups in total. The molecule has 100 valence electrons. The fraction of sp³-hybridized carbons (Fsp3) is 0.154. The maximum Gasteiger partial charge on any atom is 0.253 e. The summed E-state index contributed by atoms with van der Waals surface area (Å²) in [6.45, 7) is 0.529. The van der Waals surface area contributed by atoms with Crippen LogP contribution in [0.1, 0.15) is 15.2 Å². The quantitative estimate of drug-likeness (QED) is 0.591. The summed E-state index contributed by atoms with van der Waals surface area (Å²) in [5.74, 6) is -0.245. The Morgan fingerprint density at radius 2 is 2.16 bits per heavy atom. The van der Waals surface area contributed by atoms with Gasteiger partial charge in [-0.1, -0.05) is 0 Å². The lowest BCUT2D eigenvalue weighted by molar-refractivity contribution is 0.0954. The average molecular weight is 341 g/mol. The minimum absolute atomic E-state index is 0.0292. The second kappa shape index (κ2) is 6.08. The predicted octanol–water partition coefficient (Wildman–Crippen LogP) is 2.77. The first-order valence-electron chi connectivity index (χ1n) is 5.67. The van der Waals surface area contributed by atoms with Crippen molar-refractivity contribution in [3.05, 3.63) is 44.6 Å². The molecule has 1 heterocycles. The minimum Gasteiger partial charge on any atom is -0.508 e. The van der Waals surface area contributed by atoms with Crippen LogP contribution in [0, 0.1) is 0 Å². The van der Waals surface area contributed by atoms with Gasteiger partial charge in [0.05, 0.1) is 9.35 Å². The normalized spacial score (nSPS) is 10.4. The van der Waals surface area contributed by atoms with E-state index in [1.807, 2.05) is 12.1 Å². The zero-order chi connectivity index (χ0) is 13.8. The number of phenolic OH excluding ortho intramolecular Hbond substituents is 1. The Balaban J connectivity index is 1.92. The number of halogens is 1. The number of benzene rings is 1. The second-order valence-electron chi connectivity index (χ2n) is 3.98. The number of amides is 1. The summed E-state index contributed by atoms with van der Waals surface area (Å²) in [7, 11) is 0. The number of nitrogen functional groups attached to an aromatic ring is 1. The number of phenols is 1. The molecule has 2 aromatic rings. The van der Waals surface area contributed by atoms with Crippen molar-refractivity contribution in [2.24, 2.45) is 0 Å². The molecule has 0 radical (unpaired) electrons. The zero-order valence-corrected chi connectivity index (χ0v) is 12.4. The molecule has 0 bridgehead atoms. The molecule has 0 saturated carbocycles. The molecular formula is C13H13BrN2O2S. The molecule has 1 aromatic heterocycles. The van der Waals surface area contributed by atoms with E-state index in [9.17, 15) is 9.90 Å². The minimum atomic E-state index is -0.274. The van der Waals surface area contributed by atoms with Crippen molar-refractivity contribution in [3.8, 4) is 5.75 Å². The number of carbonyl (C=O) groups excluding carboxylic acids is 1. The van der Waals surface area contributed by atoms with Gasteiger partial charge in [0.1, 0.15) is 5.75 Å². The fourth-order valence-electron chi connectivity index (χ4n) is 1.62. The molecule has 0 aliphatic rings. The van der Waals surface area contributed by atoms with E-state index in [0.29, 0.717) is 17.8 Å². The van der Waals surface area contributed by atoms with Gasteiger partial charge in [0.15, 0.2) is 0 Å². The van der Waals surface area contributed by atoms with E-state index in [1.54, 1.807) is 11.3 Å². The number of carbonyl (C=O) groups is 1. The molecule has 0 unspecified atom stereocenters. The van der Waals surface area contributed by atoms with Gasteiger partial charge in [-0.15, -0.1) is 11.3 Å². The van der Waals surface area contributed by atoms with Crippen molar-refractivity contribution in [3.63, 3.8) is 0 Å². The lowest BCUT2D eigenvalue weighted by Crippen LogP contribution is -2.26. The number of aromatic hydroxyl groups is 1. The third kappa shape index (κ3) is 3.71. The van der Waals surface area contributed by atoms with Crippen molar-refractivity contribution >= 4 is 38.9 Å². The van der Waals surface area contributed by atoms with Gasteiger partial charge >= 0.3 is 0 Å². The van der Waals surface area contributed by atoms with Crippen LogP contribution in [-0.4, -0.2) is 17.6 Å². The van der Waals surface area contributed by atoms with E-state index >= 15 is 0 Å². The standard InChI is InChI=1S/C13H13BrN2O2S/c14-12-4-2-9(19-12)5-6-16-13(18)10-7-8(17)1-3-11(10)15/h1-4,7,17H,5-6,15H2,(H,16,18). The molecule has 1 aromatic carbocycles. The molecule has 6 heteroatoms.